The molecule has 2 heterocycles. The van der Waals surface area contributed by atoms with Gasteiger partial charge in [0.2, 0.25) is 0 Å². The molecule has 0 amide bonds. The van der Waals surface area contributed by atoms with Gasteiger partial charge in [-0.1, -0.05) is 0 Å². The van der Waals surface area contributed by atoms with Gasteiger partial charge in [0.25, 0.3) is 0 Å². The van der Waals surface area contributed by atoms with Gasteiger partial charge < -0.3 is 5.32 Å². The highest BCUT2D eigenvalue weighted by atomic mass is 19.1. The molecular weight excluding hydrogens is 221 g/mol. The first-order valence-electron chi connectivity index (χ1n) is 5.78. The van der Waals surface area contributed by atoms with Crippen molar-refractivity contribution in [3.05, 3.63) is 24.0 Å². The average Bonchev–Trinajstić information content (AvgIpc) is 2.32. The molecule has 2 rings (SSSR count). The number of carbonyl (C=O) groups is 1. The average molecular weight is 237 g/mol. The molecule has 1 aromatic rings. The Morgan fingerprint density at radius 3 is 2.94 bits per heavy atom. The Kier molecular flexibility index (Phi) is 4.03. The topological polar surface area (TPSA) is 45.2 Å². The van der Waals surface area contributed by atoms with E-state index >= 15 is 0 Å². The molecule has 0 aliphatic carbocycles. The highest BCUT2D eigenvalue weighted by Crippen LogP contribution is 2.14. The second-order valence-electron chi connectivity index (χ2n) is 4.23. The Morgan fingerprint density at radius 1 is 1.53 bits per heavy atom. The van der Waals surface area contributed by atoms with Gasteiger partial charge in [0.05, 0.1) is 24.6 Å². The van der Waals surface area contributed by atoms with Crippen LogP contribution in [0.4, 0.5) is 10.1 Å². The molecule has 1 saturated heterocycles. The van der Waals surface area contributed by atoms with Gasteiger partial charge in [0.1, 0.15) is 5.69 Å². The van der Waals surface area contributed by atoms with E-state index in [9.17, 15) is 9.18 Å². The number of rotatable bonds is 6. The minimum absolute atomic E-state index is 0.244. The largest absolute Gasteiger partial charge is 0.378 e. The van der Waals surface area contributed by atoms with E-state index in [1.165, 1.54) is 0 Å². The fraction of sp³-hybridized carbons (Fsp3) is 0.500. The van der Waals surface area contributed by atoms with Gasteiger partial charge in [0.15, 0.2) is 6.29 Å². The van der Waals surface area contributed by atoms with E-state index in [2.05, 4.69) is 15.2 Å². The summed E-state index contributed by atoms with van der Waals surface area (Å²) in [5.74, 6) is 0. The van der Waals surface area contributed by atoms with Crippen LogP contribution in [-0.2, 0) is 0 Å². The van der Waals surface area contributed by atoms with E-state index in [0.717, 1.165) is 31.6 Å². The minimum atomic E-state index is -0.244. The number of carbonyl (C=O) groups excluding carboxylic acids is 1. The molecule has 5 heteroatoms. The Hall–Kier alpha value is -1.49. The molecule has 0 bridgehead atoms. The molecule has 17 heavy (non-hydrogen) atoms. The normalized spacial score (nSPS) is 16.5. The second-order valence-corrected chi connectivity index (χ2v) is 4.23. The standard InChI is InChI=1S/C12H16FN3O/c13-4-1-5-16-7-12(8-16)15-10-2-3-11(9-17)14-6-10/h2-3,6,9,12,15H,1,4-5,7-8H2. The van der Waals surface area contributed by atoms with Gasteiger partial charge in [-0.3, -0.25) is 19.1 Å². The summed E-state index contributed by atoms with van der Waals surface area (Å²) < 4.78 is 12.0. The van der Waals surface area contributed by atoms with E-state index in [-0.39, 0.29) is 6.67 Å². The molecule has 4 nitrogen and oxygen atoms in total. The Labute approximate surface area is 99.8 Å². The lowest BCUT2D eigenvalue weighted by molar-refractivity contribution is 0.111. The summed E-state index contributed by atoms with van der Waals surface area (Å²) in [5, 5.41) is 3.32. The van der Waals surface area contributed by atoms with Crippen LogP contribution in [0.15, 0.2) is 18.3 Å². The summed E-state index contributed by atoms with van der Waals surface area (Å²) in [5.41, 5.74) is 1.36. The summed E-state index contributed by atoms with van der Waals surface area (Å²) in [4.78, 5) is 16.6. The smallest absolute Gasteiger partial charge is 0.168 e. The van der Waals surface area contributed by atoms with Gasteiger partial charge in [-0.05, 0) is 18.6 Å². The number of nitrogens with zero attached hydrogens (tertiary/aromatic N) is 2. The van der Waals surface area contributed by atoms with E-state index in [1.807, 2.05) is 6.07 Å². The number of nitrogens with one attached hydrogen (secondary N) is 1. The van der Waals surface area contributed by atoms with Crippen molar-refractivity contribution in [2.24, 2.45) is 0 Å². The second kappa shape index (κ2) is 5.72. The zero-order valence-corrected chi connectivity index (χ0v) is 9.60. The first-order chi connectivity index (χ1) is 8.31. The minimum Gasteiger partial charge on any atom is -0.378 e. The predicted molar refractivity (Wildman–Crippen MR) is 64.1 cm³/mol. The van der Waals surface area contributed by atoms with Crippen LogP contribution in [0.25, 0.3) is 0 Å². The van der Waals surface area contributed by atoms with Gasteiger partial charge in [-0.2, -0.15) is 0 Å². The summed E-state index contributed by atoms with van der Waals surface area (Å²) in [6.45, 7) is 2.47. The van der Waals surface area contributed by atoms with Crippen LogP contribution >= 0.6 is 0 Å². The van der Waals surface area contributed by atoms with Gasteiger partial charge in [-0.15, -0.1) is 0 Å². The van der Waals surface area contributed by atoms with Gasteiger partial charge in [-0.25, -0.2) is 0 Å². The molecule has 1 N–H and O–H groups in total. The van der Waals surface area contributed by atoms with Crippen LogP contribution in [0.5, 0.6) is 0 Å². The third-order valence-corrected chi connectivity index (χ3v) is 2.84. The highest BCUT2D eigenvalue weighted by Gasteiger charge is 2.25. The first kappa shape index (κ1) is 12.0. The molecule has 0 spiro atoms. The molecule has 1 aliphatic heterocycles. The van der Waals surface area contributed by atoms with E-state index in [0.29, 0.717) is 18.2 Å². The van der Waals surface area contributed by atoms with Crippen molar-refractivity contribution in [1.29, 1.82) is 0 Å². The monoisotopic (exact) mass is 237 g/mol. The van der Waals surface area contributed by atoms with Crippen LogP contribution in [0.3, 0.4) is 0 Å². The summed E-state index contributed by atoms with van der Waals surface area (Å²) in [6, 6.07) is 3.94. The van der Waals surface area contributed by atoms with Gasteiger partial charge in [0, 0.05) is 19.6 Å². The lowest BCUT2D eigenvalue weighted by atomic mass is 10.1. The fourth-order valence-corrected chi connectivity index (χ4v) is 1.92. The molecule has 0 saturated carbocycles. The molecule has 0 aromatic carbocycles. The number of likely N-dealkylation sites (tertiary alicyclic amines) is 1. The zero-order valence-electron chi connectivity index (χ0n) is 9.60. The number of hydrogen-bond donors (Lipinski definition) is 1. The predicted octanol–water partition coefficient (Wildman–Crippen LogP) is 1.35. The van der Waals surface area contributed by atoms with E-state index in [4.69, 9.17) is 0 Å². The maximum absolute atomic E-state index is 12.0. The Morgan fingerprint density at radius 2 is 2.35 bits per heavy atom. The number of hydrogen-bond acceptors (Lipinski definition) is 4. The van der Waals surface area contributed by atoms with Crippen molar-refractivity contribution < 1.29 is 9.18 Å². The highest BCUT2D eigenvalue weighted by molar-refractivity contribution is 5.72. The van der Waals surface area contributed by atoms with Crippen molar-refractivity contribution in [3.8, 4) is 0 Å². The number of aromatic nitrogens is 1. The molecule has 1 aromatic heterocycles. The lowest BCUT2D eigenvalue weighted by Crippen LogP contribution is -2.54. The number of aldehydes is 1. The third-order valence-electron chi connectivity index (χ3n) is 2.84. The molecule has 1 fully saturated rings. The first-order valence-corrected chi connectivity index (χ1v) is 5.78. The lowest BCUT2D eigenvalue weighted by Gasteiger charge is -2.40. The van der Waals surface area contributed by atoms with Crippen molar-refractivity contribution in [2.45, 2.75) is 12.5 Å². The van der Waals surface area contributed by atoms with Crippen molar-refractivity contribution >= 4 is 12.0 Å². The molecule has 92 valence electrons. The molecule has 0 radical (unpaired) electrons. The number of alkyl halides is 1. The van der Waals surface area contributed by atoms with Gasteiger partial charge >= 0.3 is 0 Å². The van der Waals surface area contributed by atoms with Crippen LogP contribution in [0.1, 0.15) is 16.9 Å². The van der Waals surface area contributed by atoms with E-state index in [1.54, 1.807) is 12.3 Å². The fourth-order valence-electron chi connectivity index (χ4n) is 1.92. The maximum Gasteiger partial charge on any atom is 0.168 e. The molecular formula is C12H16FN3O. The van der Waals surface area contributed by atoms with Crippen LogP contribution in [0, 0.1) is 0 Å². The number of halogens is 1. The Balaban J connectivity index is 1.73. The number of pyridine rings is 1. The quantitative estimate of drug-likeness (QED) is 0.759. The Bertz CT molecular complexity index is 363. The number of anilines is 1. The van der Waals surface area contributed by atoms with Crippen molar-refractivity contribution in [3.63, 3.8) is 0 Å². The van der Waals surface area contributed by atoms with Crippen LogP contribution < -0.4 is 5.32 Å². The molecule has 0 atom stereocenters. The van der Waals surface area contributed by atoms with E-state index < -0.39 is 0 Å². The summed E-state index contributed by atoms with van der Waals surface area (Å²) in [7, 11) is 0. The van der Waals surface area contributed by atoms with Crippen LogP contribution in [-0.4, -0.2) is 48.5 Å². The summed E-state index contributed by atoms with van der Waals surface area (Å²) >= 11 is 0. The van der Waals surface area contributed by atoms with Crippen molar-refractivity contribution in [2.75, 3.05) is 31.6 Å². The van der Waals surface area contributed by atoms with Crippen molar-refractivity contribution in [1.82, 2.24) is 9.88 Å². The summed E-state index contributed by atoms with van der Waals surface area (Å²) in [6.07, 6.45) is 3.00. The third kappa shape index (κ3) is 3.23. The van der Waals surface area contributed by atoms with Crippen LogP contribution in [0.2, 0.25) is 0 Å². The zero-order chi connectivity index (χ0) is 12.1. The SMILES string of the molecule is O=Cc1ccc(NC2CN(CCCF)C2)cn1. The maximum atomic E-state index is 12.0. The molecule has 1 aliphatic rings. The molecule has 0 unspecified atom stereocenters.